The Morgan fingerprint density at radius 1 is 1.38 bits per heavy atom. The number of nitrogens with one attached hydrogen (secondary N) is 1. The molecule has 0 aliphatic rings. The molecule has 2 atom stereocenters. The molecule has 0 radical (unpaired) electrons. The average Bonchev–Trinajstić information content (AvgIpc) is 2.64. The van der Waals surface area contributed by atoms with Gasteiger partial charge < -0.3 is 10.4 Å². The van der Waals surface area contributed by atoms with Crippen LogP contribution >= 0.6 is 22.9 Å². The lowest BCUT2D eigenvalue weighted by molar-refractivity contribution is 0.237. The molecule has 1 aromatic rings. The minimum atomic E-state index is 0.230. The predicted molar refractivity (Wildman–Crippen MR) is 71.2 cm³/mol. The molecule has 0 saturated heterocycles. The number of halogens is 1. The fourth-order valence-electron chi connectivity index (χ4n) is 1.71. The van der Waals surface area contributed by atoms with Crippen LogP contribution in [0, 0.1) is 5.92 Å². The minimum Gasteiger partial charge on any atom is -0.396 e. The monoisotopic (exact) mass is 261 g/mol. The number of hydrogen-bond acceptors (Lipinski definition) is 3. The van der Waals surface area contributed by atoms with Gasteiger partial charge >= 0.3 is 0 Å². The fraction of sp³-hybridized carbons (Fsp3) is 0.667. The fourth-order valence-corrected chi connectivity index (χ4v) is 2.78. The van der Waals surface area contributed by atoms with E-state index in [1.54, 1.807) is 11.3 Å². The Kier molecular flexibility index (Phi) is 5.76. The van der Waals surface area contributed by atoms with Gasteiger partial charge in [0, 0.05) is 23.6 Å². The van der Waals surface area contributed by atoms with Gasteiger partial charge in [-0.2, -0.15) is 0 Å². The molecule has 0 aliphatic carbocycles. The predicted octanol–water partition coefficient (Wildman–Crippen LogP) is 3.46. The minimum absolute atomic E-state index is 0.230. The highest BCUT2D eigenvalue weighted by Crippen LogP contribution is 2.27. The van der Waals surface area contributed by atoms with Crippen molar-refractivity contribution in [2.24, 2.45) is 5.92 Å². The third-order valence-electron chi connectivity index (χ3n) is 2.73. The molecule has 0 fully saturated rings. The maximum Gasteiger partial charge on any atom is 0.0931 e. The summed E-state index contributed by atoms with van der Waals surface area (Å²) in [7, 11) is 0. The molecule has 0 saturated carbocycles. The van der Waals surface area contributed by atoms with Crippen molar-refractivity contribution in [3.05, 3.63) is 21.3 Å². The molecule has 1 rings (SSSR count). The van der Waals surface area contributed by atoms with Crippen LogP contribution in [0.5, 0.6) is 0 Å². The molecule has 4 heteroatoms. The zero-order chi connectivity index (χ0) is 12.1. The Morgan fingerprint density at radius 2 is 2.06 bits per heavy atom. The summed E-state index contributed by atoms with van der Waals surface area (Å²) >= 11 is 7.52. The highest BCUT2D eigenvalue weighted by atomic mass is 35.5. The van der Waals surface area contributed by atoms with Gasteiger partial charge in [-0.15, -0.1) is 11.3 Å². The average molecular weight is 262 g/mol. The summed E-state index contributed by atoms with van der Waals surface area (Å²) in [6.07, 6.45) is 0.793. The molecule has 2 nitrogen and oxygen atoms in total. The van der Waals surface area contributed by atoms with Crippen molar-refractivity contribution in [3.63, 3.8) is 0 Å². The number of rotatable bonds is 6. The number of aliphatic hydroxyl groups is 1. The second kappa shape index (κ2) is 6.60. The summed E-state index contributed by atoms with van der Waals surface area (Å²) in [4.78, 5) is 1.24. The SMILES string of the molecule is CC(NC(CCO)C(C)C)c1ccc(Cl)s1. The first-order valence-corrected chi connectivity index (χ1v) is 6.86. The van der Waals surface area contributed by atoms with Gasteiger partial charge in [0.1, 0.15) is 0 Å². The van der Waals surface area contributed by atoms with Crippen LogP contribution in [0.4, 0.5) is 0 Å². The largest absolute Gasteiger partial charge is 0.396 e. The smallest absolute Gasteiger partial charge is 0.0931 e. The van der Waals surface area contributed by atoms with Crippen LogP contribution in [0.1, 0.15) is 38.1 Å². The lowest BCUT2D eigenvalue weighted by atomic mass is 10.0. The normalized spacial score (nSPS) is 15.4. The van der Waals surface area contributed by atoms with Gasteiger partial charge in [-0.25, -0.2) is 0 Å². The van der Waals surface area contributed by atoms with E-state index in [0.717, 1.165) is 10.8 Å². The van der Waals surface area contributed by atoms with Gasteiger partial charge in [0.05, 0.1) is 4.34 Å². The van der Waals surface area contributed by atoms with E-state index in [-0.39, 0.29) is 12.6 Å². The summed E-state index contributed by atoms with van der Waals surface area (Å²) < 4.78 is 0.826. The van der Waals surface area contributed by atoms with E-state index in [4.69, 9.17) is 16.7 Å². The van der Waals surface area contributed by atoms with Gasteiger partial charge in [0.25, 0.3) is 0 Å². The molecule has 0 bridgehead atoms. The topological polar surface area (TPSA) is 32.3 Å². The van der Waals surface area contributed by atoms with Crippen molar-refractivity contribution in [1.29, 1.82) is 0 Å². The maximum absolute atomic E-state index is 9.01. The first kappa shape index (κ1) is 14.0. The van der Waals surface area contributed by atoms with E-state index in [9.17, 15) is 0 Å². The summed E-state index contributed by atoms with van der Waals surface area (Å²) in [5.74, 6) is 0.519. The van der Waals surface area contributed by atoms with E-state index in [2.05, 4.69) is 32.2 Å². The van der Waals surface area contributed by atoms with Crippen LogP contribution in [0.3, 0.4) is 0 Å². The first-order valence-electron chi connectivity index (χ1n) is 5.66. The number of aliphatic hydroxyl groups excluding tert-OH is 1. The van der Waals surface area contributed by atoms with Gasteiger partial charge in [0.15, 0.2) is 0 Å². The van der Waals surface area contributed by atoms with Gasteiger partial charge in [-0.1, -0.05) is 25.4 Å². The Hall–Kier alpha value is -0.0900. The Balaban J connectivity index is 2.57. The lowest BCUT2D eigenvalue weighted by Crippen LogP contribution is -2.36. The third kappa shape index (κ3) is 4.06. The third-order valence-corrected chi connectivity index (χ3v) is 4.14. The molecule has 1 heterocycles. The van der Waals surface area contributed by atoms with E-state index >= 15 is 0 Å². The lowest BCUT2D eigenvalue weighted by Gasteiger charge is -2.25. The van der Waals surface area contributed by atoms with E-state index < -0.39 is 0 Å². The summed E-state index contributed by atoms with van der Waals surface area (Å²) in [5.41, 5.74) is 0. The maximum atomic E-state index is 9.01. The molecule has 1 aromatic heterocycles. The highest BCUT2D eigenvalue weighted by Gasteiger charge is 2.17. The molecule has 0 aliphatic heterocycles. The van der Waals surface area contributed by atoms with Crippen molar-refractivity contribution in [3.8, 4) is 0 Å². The molecular formula is C12H20ClNOS. The van der Waals surface area contributed by atoms with Crippen LogP contribution in [0.15, 0.2) is 12.1 Å². The highest BCUT2D eigenvalue weighted by molar-refractivity contribution is 7.16. The second-order valence-electron chi connectivity index (χ2n) is 4.39. The van der Waals surface area contributed by atoms with Crippen molar-refractivity contribution in [2.45, 2.75) is 39.3 Å². The molecule has 0 aromatic carbocycles. The van der Waals surface area contributed by atoms with Gasteiger partial charge in [0.2, 0.25) is 0 Å². The summed E-state index contributed by atoms with van der Waals surface area (Å²) in [5, 5.41) is 12.6. The van der Waals surface area contributed by atoms with Crippen LogP contribution < -0.4 is 5.32 Å². The Morgan fingerprint density at radius 3 is 2.50 bits per heavy atom. The standard InChI is InChI=1S/C12H20ClNOS/c1-8(2)10(6-7-15)14-9(3)11-4-5-12(13)16-11/h4-5,8-10,14-15H,6-7H2,1-3H3. The van der Waals surface area contributed by atoms with E-state index in [1.807, 2.05) is 6.07 Å². The molecular weight excluding hydrogens is 242 g/mol. The molecule has 2 N–H and O–H groups in total. The van der Waals surface area contributed by atoms with Crippen molar-refractivity contribution in [1.82, 2.24) is 5.32 Å². The van der Waals surface area contributed by atoms with Crippen LogP contribution in [0.25, 0.3) is 0 Å². The summed E-state index contributed by atoms with van der Waals surface area (Å²) in [6, 6.07) is 4.62. The Labute approximate surface area is 107 Å². The molecule has 2 unspecified atom stereocenters. The van der Waals surface area contributed by atoms with Crippen molar-refractivity contribution >= 4 is 22.9 Å². The number of hydrogen-bond donors (Lipinski definition) is 2. The van der Waals surface area contributed by atoms with E-state index in [1.165, 1.54) is 4.88 Å². The molecule has 16 heavy (non-hydrogen) atoms. The number of thiophene rings is 1. The zero-order valence-corrected chi connectivity index (χ0v) is 11.6. The van der Waals surface area contributed by atoms with Crippen molar-refractivity contribution in [2.75, 3.05) is 6.61 Å². The Bertz CT molecular complexity index is 314. The van der Waals surface area contributed by atoms with Crippen LogP contribution in [-0.2, 0) is 0 Å². The molecule has 92 valence electrons. The van der Waals surface area contributed by atoms with E-state index in [0.29, 0.717) is 12.0 Å². The van der Waals surface area contributed by atoms with Crippen molar-refractivity contribution < 1.29 is 5.11 Å². The zero-order valence-electron chi connectivity index (χ0n) is 10.0. The van der Waals surface area contributed by atoms with Gasteiger partial charge in [-0.05, 0) is 31.4 Å². The van der Waals surface area contributed by atoms with Crippen LogP contribution in [-0.4, -0.2) is 17.8 Å². The van der Waals surface area contributed by atoms with Gasteiger partial charge in [-0.3, -0.25) is 0 Å². The quantitative estimate of drug-likeness (QED) is 0.822. The van der Waals surface area contributed by atoms with Crippen LogP contribution in [0.2, 0.25) is 4.34 Å². The molecule has 0 amide bonds. The summed E-state index contributed by atoms with van der Waals surface area (Å²) in [6.45, 7) is 6.70. The molecule has 0 spiro atoms. The first-order chi connectivity index (χ1) is 7.54. The second-order valence-corrected chi connectivity index (χ2v) is 6.14.